The first-order chi connectivity index (χ1) is 10.4. The molecule has 0 aliphatic heterocycles. The van der Waals surface area contributed by atoms with Crippen LogP contribution in [-0.2, 0) is 4.79 Å². The third kappa shape index (κ3) is 1.79. The van der Waals surface area contributed by atoms with Crippen LogP contribution in [0.3, 0.4) is 0 Å². The van der Waals surface area contributed by atoms with E-state index in [0.29, 0.717) is 17.6 Å². The van der Waals surface area contributed by atoms with Gasteiger partial charge in [0.15, 0.2) is 0 Å². The van der Waals surface area contributed by atoms with Crippen molar-refractivity contribution < 1.29 is 9.90 Å². The number of allylic oxidation sites excluding steroid dienone is 2. The van der Waals surface area contributed by atoms with Crippen molar-refractivity contribution in [2.24, 2.45) is 34.5 Å². The molecule has 0 radical (unpaired) electrons. The van der Waals surface area contributed by atoms with Crippen LogP contribution >= 0.6 is 0 Å². The Kier molecular flexibility index (Phi) is 3.18. The predicted octanol–water partition coefficient (Wildman–Crippen LogP) is 4.13. The molecule has 3 saturated carbocycles. The smallest absolute Gasteiger partial charge is 0.142 e. The first-order valence-corrected chi connectivity index (χ1v) is 9.27. The minimum atomic E-state index is -0.232. The number of ketones is 1. The Morgan fingerprint density at radius 2 is 1.86 bits per heavy atom. The fraction of sp³-hybridized carbons (Fsp3) is 0.850. The maximum absolute atomic E-state index is 12.3. The maximum Gasteiger partial charge on any atom is 0.142 e. The van der Waals surface area contributed by atoms with E-state index >= 15 is 0 Å². The van der Waals surface area contributed by atoms with Crippen molar-refractivity contribution in [1.29, 1.82) is 0 Å². The average molecular weight is 302 g/mol. The second kappa shape index (κ2) is 4.69. The lowest BCUT2D eigenvalue weighted by Crippen LogP contribution is -2.49. The third-order valence-corrected chi connectivity index (χ3v) is 8.07. The van der Waals surface area contributed by atoms with E-state index in [0.717, 1.165) is 37.5 Å². The minimum Gasteiger partial charge on any atom is -0.393 e. The van der Waals surface area contributed by atoms with Gasteiger partial charge in [0.2, 0.25) is 0 Å². The van der Waals surface area contributed by atoms with Crippen LogP contribution in [0.15, 0.2) is 11.6 Å². The van der Waals surface area contributed by atoms with Crippen LogP contribution in [0.2, 0.25) is 0 Å². The zero-order valence-electron chi connectivity index (χ0n) is 14.3. The number of aliphatic hydroxyl groups excluding tert-OH is 1. The topological polar surface area (TPSA) is 37.3 Å². The van der Waals surface area contributed by atoms with Gasteiger partial charge >= 0.3 is 0 Å². The molecular formula is C20H30O2. The van der Waals surface area contributed by atoms with Crippen LogP contribution in [0.25, 0.3) is 0 Å². The molecule has 0 aromatic carbocycles. The molecule has 122 valence electrons. The monoisotopic (exact) mass is 302 g/mol. The molecule has 1 N–H and O–H groups in total. The van der Waals surface area contributed by atoms with E-state index in [1.54, 1.807) is 0 Å². The first kappa shape index (κ1) is 14.9. The number of carbonyl (C=O) groups is 1. The van der Waals surface area contributed by atoms with E-state index in [4.69, 9.17) is 0 Å². The summed E-state index contributed by atoms with van der Waals surface area (Å²) in [5, 5.41) is 10.5. The summed E-state index contributed by atoms with van der Waals surface area (Å²) in [6, 6.07) is 0. The molecule has 4 aliphatic rings. The van der Waals surface area contributed by atoms with E-state index in [2.05, 4.69) is 26.8 Å². The van der Waals surface area contributed by atoms with E-state index in [1.807, 2.05) is 0 Å². The highest BCUT2D eigenvalue weighted by molar-refractivity contribution is 5.88. The lowest BCUT2D eigenvalue weighted by molar-refractivity contribution is -0.129. The van der Waals surface area contributed by atoms with Crippen molar-refractivity contribution in [1.82, 2.24) is 0 Å². The number of carbonyl (C=O) groups excluding carboxylic acids is 1. The zero-order valence-corrected chi connectivity index (χ0v) is 14.3. The van der Waals surface area contributed by atoms with Crippen LogP contribution < -0.4 is 0 Å². The van der Waals surface area contributed by atoms with E-state index in [-0.39, 0.29) is 16.9 Å². The Balaban J connectivity index is 1.68. The highest BCUT2D eigenvalue weighted by Crippen LogP contribution is 2.62. The standard InChI is InChI=1S/C20H30O2/c1-19(2)15-6-4-14-12(13(15)5-8-17(19)21)10-11-20(3)16(14)7-9-18(20)22/h6,12-14,16,18,22H,4-5,7-11H2,1-3H3/t12-,13+,14-,16+,18-,20+/m1/s1. The quantitative estimate of drug-likeness (QED) is 0.683. The maximum atomic E-state index is 12.3. The van der Waals surface area contributed by atoms with E-state index in [1.165, 1.54) is 24.8 Å². The predicted molar refractivity (Wildman–Crippen MR) is 87.3 cm³/mol. The van der Waals surface area contributed by atoms with Gasteiger partial charge in [0.25, 0.3) is 0 Å². The number of hydrogen-bond acceptors (Lipinski definition) is 2. The molecule has 6 atom stereocenters. The number of Topliss-reactive ketones (excluding diaryl/α,β-unsaturated/α-hetero) is 1. The molecular weight excluding hydrogens is 272 g/mol. The molecule has 0 aromatic heterocycles. The van der Waals surface area contributed by atoms with Gasteiger partial charge in [-0.05, 0) is 81.5 Å². The van der Waals surface area contributed by atoms with Crippen molar-refractivity contribution in [2.75, 3.05) is 0 Å². The second-order valence-electron chi connectivity index (χ2n) is 9.16. The van der Waals surface area contributed by atoms with Crippen molar-refractivity contribution in [3.8, 4) is 0 Å². The van der Waals surface area contributed by atoms with Crippen molar-refractivity contribution >= 4 is 5.78 Å². The van der Waals surface area contributed by atoms with Crippen molar-refractivity contribution in [3.63, 3.8) is 0 Å². The average Bonchev–Trinajstić information content (AvgIpc) is 2.79. The third-order valence-electron chi connectivity index (χ3n) is 8.07. The van der Waals surface area contributed by atoms with Gasteiger partial charge in [0.05, 0.1) is 6.10 Å². The van der Waals surface area contributed by atoms with Gasteiger partial charge < -0.3 is 5.11 Å². The Hall–Kier alpha value is -0.630. The minimum absolute atomic E-state index is 0.0896. The van der Waals surface area contributed by atoms with Gasteiger partial charge in [-0.1, -0.05) is 18.6 Å². The largest absolute Gasteiger partial charge is 0.393 e. The summed E-state index contributed by atoms with van der Waals surface area (Å²) in [4.78, 5) is 12.3. The zero-order chi connectivity index (χ0) is 15.7. The molecule has 22 heavy (non-hydrogen) atoms. The number of aliphatic hydroxyl groups is 1. The lowest BCUT2D eigenvalue weighted by atomic mass is 9.50. The summed E-state index contributed by atoms with van der Waals surface area (Å²) in [6.45, 7) is 6.61. The number of fused-ring (bicyclic) bond motifs is 5. The molecule has 0 aromatic rings. The molecule has 0 unspecified atom stereocenters. The Bertz CT molecular complexity index is 532. The summed E-state index contributed by atoms with van der Waals surface area (Å²) in [5.41, 5.74) is 1.38. The Labute approximate surface area is 134 Å². The fourth-order valence-electron chi connectivity index (χ4n) is 6.62. The van der Waals surface area contributed by atoms with Crippen molar-refractivity contribution in [2.45, 2.75) is 71.8 Å². The van der Waals surface area contributed by atoms with Gasteiger partial charge in [0.1, 0.15) is 5.78 Å². The second-order valence-corrected chi connectivity index (χ2v) is 9.16. The molecule has 4 aliphatic carbocycles. The number of hydrogen-bond donors (Lipinski definition) is 1. The van der Waals surface area contributed by atoms with Gasteiger partial charge in [-0.25, -0.2) is 0 Å². The molecule has 0 amide bonds. The van der Waals surface area contributed by atoms with Crippen molar-refractivity contribution in [3.05, 3.63) is 11.6 Å². The highest BCUT2D eigenvalue weighted by atomic mass is 16.3. The summed E-state index contributed by atoms with van der Waals surface area (Å²) < 4.78 is 0. The molecule has 0 spiro atoms. The van der Waals surface area contributed by atoms with Crippen LogP contribution in [0.1, 0.15) is 65.7 Å². The summed E-state index contributed by atoms with van der Waals surface area (Å²) in [6.07, 6.45) is 9.95. The molecule has 3 fully saturated rings. The molecule has 0 saturated heterocycles. The van der Waals surface area contributed by atoms with Crippen LogP contribution in [0, 0.1) is 34.5 Å². The Morgan fingerprint density at radius 1 is 1.09 bits per heavy atom. The molecule has 2 nitrogen and oxygen atoms in total. The normalized spacial score (nSPS) is 49.9. The van der Waals surface area contributed by atoms with Crippen LogP contribution in [0.4, 0.5) is 0 Å². The molecule has 4 rings (SSSR count). The number of rotatable bonds is 0. The summed E-state index contributed by atoms with van der Waals surface area (Å²) >= 11 is 0. The summed E-state index contributed by atoms with van der Waals surface area (Å²) in [5.74, 6) is 3.27. The molecule has 0 bridgehead atoms. The molecule has 0 heterocycles. The molecule has 2 heteroatoms. The van der Waals surface area contributed by atoms with Crippen LogP contribution in [-0.4, -0.2) is 17.0 Å². The van der Waals surface area contributed by atoms with E-state index in [9.17, 15) is 9.90 Å². The Morgan fingerprint density at radius 3 is 2.64 bits per heavy atom. The highest BCUT2D eigenvalue weighted by Gasteiger charge is 2.57. The summed E-state index contributed by atoms with van der Waals surface area (Å²) in [7, 11) is 0. The van der Waals surface area contributed by atoms with Gasteiger partial charge in [0, 0.05) is 11.8 Å². The van der Waals surface area contributed by atoms with Gasteiger partial charge in [-0.15, -0.1) is 0 Å². The fourth-order valence-corrected chi connectivity index (χ4v) is 6.62. The van der Waals surface area contributed by atoms with Gasteiger partial charge in [-0.2, -0.15) is 0 Å². The van der Waals surface area contributed by atoms with Crippen LogP contribution in [0.5, 0.6) is 0 Å². The first-order valence-electron chi connectivity index (χ1n) is 9.27. The van der Waals surface area contributed by atoms with E-state index < -0.39 is 0 Å². The SMILES string of the molecule is CC1(C)C(=O)CC[C@@H]2C1=CC[C@@H]1[C@@H]2CC[C@]2(C)[C@H](O)CC[C@@H]12. The lowest BCUT2D eigenvalue weighted by Gasteiger charge is -2.54. The van der Waals surface area contributed by atoms with Gasteiger partial charge in [-0.3, -0.25) is 4.79 Å².